The average molecular weight is 522 g/mol. The molecule has 13 heteroatoms. The highest BCUT2D eigenvalue weighted by atomic mass is 19.4. The summed E-state index contributed by atoms with van der Waals surface area (Å²) < 4.78 is 49.4. The number of nitrogens with zero attached hydrogens (tertiary/aromatic N) is 6. The molecule has 0 bridgehead atoms. The third-order valence-electron chi connectivity index (χ3n) is 6.00. The lowest BCUT2D eigenvalue weighted by Crippen LogP contribution is -2.15. The Balaban J connectivity index is 1.50. The van der Waals surface area contributed by atoms with Crippen LogP contribution in [0.2, 0.25) is 0 Å². The number of anilines is 2. The van der Waals surface area contributed by atoms with Crippen LogP contribution in [0.3, 0.4) is 0 Å². The number of ether oxygens (including phenoxy) is 1. The molecule has 1 aromatic carbocycles. The van der Waals surface area contributed by atoms with Gasteiger partial charge in [0.15, 0.2) is 11.6 Å². The molecule has 4 heterocycles. The van der Waals surface area contributed by atoms with Crippen LogP contribution in [0.25, 0.3) is 16.8 Å². The van der Waals surface area contributed by atoms with Crippen molar-refractivity contribution in [3.05, 3.63) is 83.7 Å². The zero-order chi connectivity index (χ0) is 27.0. The highest BCUT2D eigenvalue weighted by Crippen LogP contribution is 2.39. The molecule has 0 fully saturated rings. The number of methoxy groups -OCH3 is 1. The predicted octanol–water partition coefficient (Wildman–Crippen LogP) is 4.21. The number of nitrogens with one attached hydrogen (secondary N) is 1. The molecular formula is C25H21F3N8O2. The number of benzene rings is 1. The summed E-state index contributed by atoms with van der Waals surface area (Å²) in [5, 5.41) is 6.68. The number of alkyl halides is 3. The molecule has 0 aliphatic rings. The van der Waals surface area contributed by atoms with Gasteiger partial charge in [-0.2, -0.15) is 18.3 Å². The first-order valence-electron chi connectivity index (χ1n) is 11.3. The molecule has 3 N–H and O–H groups in total. The van der Waals surface area contributed by atoms with Gasteiger partial charge in [0, 0.05) is 18.3 Å². The predicted molar refractivity (Wildman–Crippen MR) is 133 cm³/mol. The summed E-state index contributed by atoms with van der Waals surface area (Å²) in [4.78, 5) is 25.4. The van der Waals surface area contributed by atoms with Crippen LogP contribution in [0, 0.1) is 6.92 Å². The summed E-state index contributed by atoms with van der Waals surface area (Å²) in [5.74, 6) is -0.625. The zero-order valence-corrected chi connectivity index (χ0v) is 20.2. The Morgan fingerprint density at radius 1 is 1.13 bits per heavy atom. The molecule has 0 spiro atoms. The number of imidazole rings is 1. The Morgan fingerprint density at radius 2 is 1.89 bits per heavy atom. The fourth-order valence-corrected chi connectivity index (χ4v) is 4.09. The minimum atomic E-state index is -4.71. The number of carbonyl (C=O) groups excluding carboxylic acids is 1. The van der Waals surface area contributed by atoms with Crippen LogP contribution in [0.15, 0.2) is 61.3 Å². The van der Waals surface area contributed by atoms with E-state index in [0.717, 1.165) is 22.5 Å². The van der Waals surface area contributed by atoms with Gasteiger partial charge >= 0.3 is 6.18 Å². The number of aromatic nitrogens is 6. The van der Waals surface area contributed by atoms with Crippen molar-refractivity contribution in [1.82, 2.24) is 29.1 Å². The molecule has 0 saturated carbocycles. The summed E-state index contributed by atoms with van der Waals surface area (Å²) in [5.41, 5.74) is 6.32. The number of nitrogens with two attached hydrogens (primary N) is 1. The number of amides is 1. The Bertz CT molecular complexity index is 1640. The lowest BCUT2D eigenvalue weighted by atomic mass is 10.1. The van der Waals surface area contributed by atoms with Crippen LogP contribution < -0.4 is 15.8 Å². The van der Waals surface area contributed by atoms with Crippen molar-refractivity contribution in [3.63, 3.8) is 0 Å². The molecule has 38 heavy (non-hydrogen) atoms. The van der Waals surface area contributed by atoms with Crippen LogP contribution in [-0.2, 0) is 12.7 Å². The van der Waals surface area contributed by atoms with Gasteiger partial charge in [-0.3, -0.25) is 4.79 Å². The minimum absolute atomic E-state index is 0.00690. The van der Waals surface area contributed by atoms with E-state index in [9.17, 15) is 18.0 Å². The first-order chi connectivity index (χ1) is 18.2. The van der Waals surface area contributed by atoms with E-state index < -0.39 is 23.2 Å². The smallest absolute Gasteiger partial charge is 0.418 e. The molecule has 4 aromatic heterocycles. The van der Waals surface area contributed by atoms with Gasteiger partial charge in [0.25, 0.3) is 5.91 Å². The lowest BCUT2D eigenvalue weighted by molar-refractivity contribution is -0.136. The zero-order valence-electron chi connectivity index (χ0n) is 20.2. The van der Waals surface area contributed by atoms with Crippen LogP contribution in [0.5, 0.6) is 5.88 Å². The first kappa shape index (κ1) is 24.7. The van der Waals surface area contributed by atoms with Crippen molar-refractivity contribution in [1.29, 1.82) is 0 Å². The molecule has 0 saturated heterocycles. The molecule has 5 aromatic rings. The van der Waals surface area contributed by atoms with E-state index in [4.69, 9.17) is 10.5 Å². The SMILES string of the molecule is COc1ncc(-c2cc(C(F)(F)F)c3c(N)ncnn23)cc1C(=O)Nc1ncn(Cc2ccccc2)c1C. The number of carbonyl (C=O) groups is 1. The maximum Gasteiger partial charge on any atom is 0.418 e. The van der Waals surface area contributed by atoms with Gasteiger partial charge in [0.1, 0.15) is 17.4 Å². The van der Waals surface area contributed by atoms with E-state index in [1.165, 1.54) is 19.4 Å². The average Bonchev–Trinajstić information content (AvgIpc) is 3.46. The minimum Gasteiger partial charge on any atom is -0.480 e. The van der Waals surface area contributed by atoms with Gasteiger partial charge in [0.2, 0.25) is 5.88 Å². The highest BCUT2D eigenvalue weighted by Gasteiger charge is 2.36. The largest absolute Gasteiger partial charge is 0.480 e. The summed E-state index contributed by atoms with van der Waals surface area (Å²) >= 11 is 0. The monoisotopic (exact) mass is 522 g/mol. The number of fused-ring (bicyclic) bond motifs is 1. The fourth-order valence-electron chi connectivity index (χ4n) is 4.09. The van der Waals surface area contributed by atoms with Crippen molar-refractivity contribution in [2.45, 2.75) is 19.6 Å². The van der Waals surface area contributed by atoms with Gasteiger partial charge in [-0.25, -0.2) is 19.5 Å². The summed E-state index contributed by atoms with van der Waals surface area (Å²) in [7, 11) is 1.33. The number of pyridine rings is 1. The Morgan fingerprint density at radius 3 is 2.61 bits per heavy atom. The van der Waals surface area contributed by atoms with Crippen molar-refractivity contribution < 1.29 is 22.7 Å². The lowest BCUT2D eigenvalue weighted by Gasteiger charge is -2.11. The van der Waals surface area contributed by atoms with Crippen LogP contribution in [-0.4, -0.2) is 42.2 Å². The number of rotatable bonds is 6. The Kier molecular flexibility index (Phi) is 6.18. The van der Waals surface area contributed by atoms with Gasteiger partial charge in [-0.15, -0.1) is 0 Å². The van der Waals surface area contributed by atoms with E-state index in [2.05, 4.69) is 25.4 Å². The van der Waals surface area contributed by atoms with Crippen LogP contribution >= 0.6 is 0 Å². The molecule has 0 aliphatic carbocycles. The third kappa shape index (κ3) is 4.49. The molecule has 5 rings (SSSR count). The second kappa shape index (κ2) is 9.50. The third-order valence-corrected chi connectivity index (χ3v) is 6.00. The van der Waals surface area contributed by atoms with E-state index in [0.29, 0.717) is 18.1 Å². The van der Waals surface area contributed by atoms with Crippen LogP contribution in [0.4, 0.5) is 24.8 Å². The van der Waals surface area contributed by atoms with Gasteiger partial charge in [0.05, 0.1) is 30.4 Å². The molecule has 0 unspecified atom stereocenters. The van der Waals surface area contributed by atoms with Crippen molar-refractivity contribution in [2.24, 2.45) is 0 Å². The van der Waals surface area contributed by atoms with Crippen molar-refractivity contribution in [2.75, 3.05) is 18.2 Å². The molecule has 0 radical (unpaired) electrons. The van der Waals surface area contributed by atoms with Crippen molar-refractivity contribution >= 4 is 23.1 Å². The topological polar surface area (TPSA) is 125 Å². The fraction of sp³-hybridized carbons (Fsp3) is 0.160. The van der Waals surface area contributed by atoms with Gasteiger partial charge < -0.3 is 20.4 Å². The van der Waals surface area contributed by atoms with E-state index in [1.54, 1.807) is 6.33 Å². The summed E-state index contributed by atoms with van der Waals surface area (Å²) in [6, 6.07) is 12.0. The summed E-state index contributed by atoms with van der Waals surface area (Å²) in [6.45, 7) is 2.37. The molecule has 10 nitrogen and oxygen atoms in total. The first-order valence-corrected chi connectivity index (χ1v) is 11.3. The Labute approximate surface area is 213 Å². The van der Waals surface area contributed by atoms with E-state index >= 15 is 0 Å². The molecule has 0 atom stereocenters. The van der Waals surface area contributed by atoms with E-state index in [-0.39, 0.29) is 28.5 Å². The van der Waals surface area contributed by atoms with Crippen molar-refractivity contribution in [3.8, 4) is 17.1 Å². The molecule has 0 aliphatic heterocycles. The van der Waals surface area contributed by atoms with E-state index in [1.807, 2.05) is 41.8 Å². The molecule has 1 amide bonds. The number of nitrogen functional groups attached to an aromatic ring is 1. The van der Waals surface area contributed by atoms with Crippen LogP contribution in [0.1, 0.15) is 27.2 Å². The van der Waals surface area contributed by atoms with Gasteiger partial charge in [-0.1, -0.05) is 30.3 Å². The summed E-state index contributed by atoms with van der Waals surface area (Å²) in [6.07, 6.45) is -0.765. The second-order valence-electron chi connectivity index (χ2n) is 8.37. The molecule has 194 valence electrons. The standard InChI is InChI=1S/C25H21F3N8O2/c1-14-22(32-13-35(14)11-15-6-4-3-5-7-15)34-23(37)17-8-16(10-30-24(17)38-2)19-9-18(25(26,27)28)20-21(29)31-12-33-36(19)20/h3-10,12-13H,11H2,1-2H3,(H,34,37)(H2,29,31,33). The maximum atomic E-state index is 13.7. The quantitative estimate of drug-likeness (QED) is 0.342. The number of halogens is 3. The number of hydrogen-bond acceptors (Lipinski definition) is 7. The maximum absolute atomic E-state index is 13.7. The number of hydrogen-bond donors (Lipinski definition) is 2. The highest BCUT2D eigenvalue weighted by molar-refractivity contribution is 6.06. The second-order valence-corrected chi connectivity index (χ2v) is 8.37. The van der Waals surface area contributed by atoms with Gasteiger partial charge in [-0.05, 0) is 24.6 Å². The molecular weight excluding hydrogens is 501 g/mol. The normalized spacial score (nSPS) is 11.6. The Hall–Kier alpha value is -4.94.